The van der Waals surface area contributed by atoms with Crippen molar-refractivity contribution in [2.75, 3.05) is 7.11 Å². The quantitative estimate of drug-likeness (QED) is 0.455. The third-order valence-corrected chi connectivity index (χ3v) is 5.96. The summed E-state index contributed by atoms with van der Waals surface area (Å²) >= 11 is 1.70. The maximum atomic E-state index is 11.9. The average Bonchev–Trinajstić information content (AvgIpc) is 3.37. The number of carbonyl (C=O) groups excluding carboxylic acids is 1. The lowest BCUT2D eigenvalue weighted by atomic mass is 9.99. The number of primary amides is 1. The predicted molar refractivity (Wildman–Crippen MR) is 116 cm³/mol. The van der Waals surface area contributed by atoms with Crippen LogP contribution in [-0.2, 0) is 12.8 Å². The van der Waals surface area contributed by atoms with Crippen LogP contribution in [-0.4, -0.2) is 13.0 Å². The molecule has 0 bridgehead atoms. The van der Waals surface area contributed by atoms with Crippen molar-refractivity contribution in [2.45, 2.75) is 12.8 Å². The lowest BCUT2D eigenvalue weighted by Crippen LogP contribution is -2.12. The van der Waals surface area contributed by atoms with Gasteiger partial charge in [-0.2, -0.15) is 0 Å². The van der Waals surface area contributed by atoms with Crippen molar-refractivity contribution in [2.24, 2.45) is 5.73 Å². The number of benzene rings is 2. The van der Waals surface area contributed by atoms with E-state index in [1.807, 2.05) is 42.5 Å². The number of hydrogen-bond donors (Lipinski definition) is 1. The molecule has 0 unspecified atom stereocenters. The third-order valence-electron chi connectivity index (χ3n) is 4.83. The van der Waals surface area contributed by atoms with Crippen LogP contribution in [0.2, 0.25) is 0 Å². The Labute approximate surface area is 173 Å². The molecule has 4 rings (SSSR count). The molecule has 2 aromatic carbocycles. The summed E-state index contributed by atoms with van der Waals surface area (Å²) in [6, 6.07) is 22.3. The molecule has 0 aliphatic heterocycles. The minimum Gasteiger partial charge on any atom is -0.497 e. The lowest BCUT2D eigenvalue weighted by molar-refractivity contribution is 0.0973. The molecule has 2 aromatic heterocycles. The molecule has 0 aliphatic carbocycles. The highest BCUT2D eigenvalue weighted by Gasteiger charge is 2.19. The minimum absolute atomic E-state index is 0.246. The normalized spacial score (nSPS) is 10.8. The molecule has 0 saturated carbocycles. The fourth-order valence-corrected chi connectivity index (χ4v) is 4.37. The summed E-state index contributed by atoms with van der Waals surface area (Å²) in [4.78, 5) is 14.2. The van der Waals surface area contributed by atoms with Crippen LogP contribution in [0.1, 0.15) is 32.1 Å². The van der Waals surface area contributed by atoms with Crippen molar-refractivity contribution >= 4 is 17.2 Å². The third kappa shape index (κ3) is 4.25. The van der Waals surface area contributed by atoms with Crippen molar-refractivity contribution < 1.29 is 13.9 Å². The van der Waals surface area contributed by atoms with Gasteiger partial charge in [0.25, 0.3) is 5.91 Å². The number of rotatable bonds is 7. The molecule has 29 heavy (non-hydrogen) atoms. The van der Waals surface area contributed by atoms with Crippen molar-refractivity contribution in [3.63, 3.8) is 0 Å². The highest BCUT2D eigenvalue weighted by molar-refractivity contribution is 7.15. The molecular formula is C24H21NO3S. The van der Waals surface area contributed by atoms with Crippen LogP contribution in [0, 0.1) is 0 Å². The van der Waals surface area contributed by atoms with E-state index in [0.717, 1.165) is 37.8 Å². The minimum atomic E-state index is -0.536. The van der Waals surface area contributed by atoms with E-state index >= 15 is 0 Å². The van der Waals surface area contributed by atoms with Crippen molar-refractivity contribution in [1.82, 2.24) is 0 Å². The van der Waals surface area contributed by atoms with E-state index in [1.54, 1.807) is 24.7 Å². The molecule has 2 heterocycles. The molecule has 4 aromatic rings. The monoisotopic (exact) mass is 403 g/mol. The molecular weight excluding hydrogens is 382 g/mol. The predicted octanol–water partition coefficient (Wildman–Crippen LogP) is 5.30. The first kappa shape index (κ1) is 19.0. The lowest BCUT2D eigenvalue weighted by Gasteiger charge is -2.04. The molecule has 0 spiro atoms. The van der Waals surface area contributed by atoms with E-state index in [0.29, 0.717) is 12.8 Å². The summed E-state index contributed by atoms with van der Waals surface area (Å²) in [6.45, 7) is 0. The SMILES string of the molecule is COc1ccc(-c2ccc(Cc3c(Cc4ccccc4)coc3C(N)=O)s2)cc1. The van der Waals surface area contributed by atoms with Gasteiger partial charge in [-0.25, -0.2) is 0 Å². The van der Waals surface area contributed by atoms with Gasteiger partial charge in [0.1, 0.15) is 5.75 Å². The maximum Gasteiger partial charge on any atom is 0.284 e. The van der Waals surface area contributed by atoms with Gasteiger partial charge in [-0.1, -0.05) is 30.3 Å². The van der Waals surface area contributed by atoms with E-state index in [4.69, 9.17) is 14.9 Å². The Hall–Kier alpha value is -3.31. The zero-order chi connectivity index (χ0) is 20.2. The maximum absolute atomic E-state index is 11.9. The molecule has 0 saturated heterocycles. The van der Waals surface area contributed by atoms with Gasteiger partial charge in [0.15, 0.2) is 5.76 Å². The first-order valence-electron chi connectivity index (χ1n) is 9.30. The number of thiophene rings is 1. The molecule has 146 valence electrons. The van der Waals surface area contributed by atoms with Crippen LogP contribution in [0.25, 0.3) is 10.4 Å². The fraction of sp³-hybridized carbons (Fsp3) is 0.125. The summed E-state index contributed by atoms with van der Waals surface area (Å²) in [5.41, 5.74) is 9.71. The highest BCUT2D eigenvalue weighted by atomic mass is 32.1. The second-order valence-corrected chi connectivity index (χ2v) is 7.93. The number of nitrogens with two attached hydrogens (primary N) is 1. The van der Waals surface area contributed by atoms with Crippen LogP contribution in [0.4, 0.5) is 0 Å². The Morgan fingerprint density at radius 2 is 1.76 bits per heavy atom. The first-order valence-corrected chi connectivity index (χ1v) is 10.1. The number of carbonyl (C=O) groups is 1. The molecule has 0 atom stereocenters. The van der Waals surface area contributed by atoms with Gasteiger partial charge in [0.05, 0.1) is 13.4 Å². The fourth-order valence-electron chi connectivity index (χ4n) is 3.34. The van der Waals surface area contributed by atoms with Gasteiger partial charge < -0.3 is 14.9 Å². The standard InChI is InChI=1S/C24H21NO3S/c1-27-19-9-7-17(8-10-19)22-12-11-20(29-22)14-21-18(15-28-23(21)24(25)26)13-16-5-3-2-4-6-16/h2-12,15H,13-14H2,1H3,(H2,25,26). The van der Waals surface area contributed by atoms with Crippen molar-refractivity contribution in [3.05, 3.63) is 100 Å². The van der Waals surface area contributed by atoms with Crippen LogP contribution in [0.3, 0.4) is 0 Å². The van der Waals surface area contributed by atoms with Gasteiger partial charge in [-0.3, -0.25) is 4.79 Å². The van der Waals surface area contributed by atoms with Crippen LogP contribution in [0.5, 0.6) is 5.75 Å². The molecule has 0 radical (unpaired) electrons. The molecule has 4 nitrogen and oxygen atoms in total. The van der Waals surface area contributed by atoms with E-state index < -0.39 is 5.91 Å². The molecule has 2 N–H and O–H groups in total. The Morgan fingerprint density at radius 1 is 1.00 bits per heavy atom. The number of hydrogen-bond acceptors (Lipinski definition) is 4. The summed E-state index contributed by atoms with van der Waals surface area (Å²) in [5.74, 6) is 0.544. The smallest absolute Gasteiger partial charge is 0.284 e. The van der Waals surface area contributed by atoms with E-state index in [2.05, 4.69) is 24.3 Å². The van der Waals surface area contributed by atoms with E-state index in [1.165, 1.54) is 0 Å². The summed E-state index contributed by atoms with van der Waals surface area (Å²) < 4.78 is 10.8. The van der Waals surface area contributed by atoms with Gasteiger partial charge in [0.2, 0.25) is 0 Å². The van der Waals surface area contributed by atoms with Crippen LogP contribution >= 0.6 is 11.3 Å². The number of ether oxygens (including phenoxy) is 1. The van der Waals surface area contributed by atoms with Gasteiger partial charge in [-0.15, -0.1) is 11.3 Å². The van der Waals surface area contributed by atoms with Crippen LogP contribution in [0.15, 0.2) is 77.4 Å². The second kappa shape index (κ2) is 8.37. The topological polar surface area (TPSA) is 65.5 Å². The first-order chi connectivity index (χ1) is 14.1. The van der Waals surface area contributed by atoms with E-state index in [-0.39, 0.29) is 5.76 Å². The number of furan rings is 1. The molecule has 1 amide bonds. The zero-order valence-corrected chi connectivity index (χ0v) is 16.9. The van der Waals surface area contributed by atoms with E-state index in [9.17, 15) is 4.79 Å². The Bertz CT molecular complexity index is 1110. The summed E-state index contributed by atoms with van der Waals surface area (Å²) in [7, 11) is 1.66. The summed E-state index contributed by atoms with van der Waals surface area (Å²) in [6.07, 6.45) is 2.96. The summed E-state index contributed by atoms with van der Waals surface area (Å²) in [5, 5.41) is 0. The number of amides is 1. The Balaban J connectivity index is 1.61. The van der Waals surface area contributed by atoms with Gasteiger partial charge >= 0.3 is 0 Å². The molecule has 0 fully saturated rings. The van der Waals surface area contributed by atoms with Crippen molar-refractivity contribution in [1.29, 1.82) is 0 Å². The van der Waals surface area contributed by atoms with Crippen LogP contribution < -0.4 is 10.5 Å². The van der Waals surface area contributed by atoms with Gasteiger partial charge in [-0.05, 0) is 53.1 Å². The zero-order valence-electron chi connectivity index (χ0n) is 16.1. The molecule has 5 heteroatoms. The van der Waals surface area contributed by atoms with Gasteiger partial charge in [0, 0.05) is 28.2 Å². The largest absolute Gasteiger partial charge is 0.497 e. The van der Waals surface area contributed by atoms with Crippen molar-refractivity contribution in [3.8, 4) is 16.2 Å². The average molecular weight is 404 g/mol. The second-order valence-electron chi connectivity index (χ2n) is 6.77. The molecule has 0 aliphatic rings. The number of methoxy groups -OCH3 is 1. The Kier molecular flexibility index (Phi) is 5.49. The Morgan fingerprint density at radius 3 is 2.45 bits per heavy atom. The highest BCUT2D eigenvalue weighted by Crippen LogP contribution is 2.32.